The number of ether oxygens (including phenoxy) is 3. The highest BCUT2D eigenvalue weighted by Gasteiger charge is 2.26. The van der Waals surface area contributed by atoms with Crippen LogP contribution in [0.1, 0.15) is 13.3 Å². The molecule has 0 aromatic rings. The summed E-state index contributed by atoms with van der Waals surface area (Å²) in [5.41, 5.74) is -0.868. The number of halogens is 1. The molecular formula is C10H20ClNO5S. The van der Waals surface area contributed by atoms with Crippen LogP contribution in [-0.2, 0) is 24.0 Å². The van der Waals surface area contributed by atoms with E-state index in [0.29, 0.717) is 26.4 Å². The van der Waals surface area contributed by atoms with Gasteiger partial charge < -0.3 is 14.2 Å². The van der Waals surface area contributed by atoms with Crippen molar-refractivity contribution in [2.45, 2.75) is 19.1 Å². The van der Waals surface area contributed by atoms with E-state index in [4.69, 9.17) is 26.0 Å². The Morgan fingerprint density at radius 2 is 1.67 bits per heavy atom. The molecule has 1 heterocycles. The average Bonchev–Trinajstić information content (AvgIpc) is 2.35. The van der Waals surface area contributed by atoms with Gasteiger partial charge in [-0.2, -0.15) is 0 Å². The van der Waals surface area contributed by atoms with Gasteiger partial charge in [0.25, 0.3) is 0 Å². The number of sulfone groups is 1. The molecule has 18 heavy (non-hydrogen) atoms. The molecule has 0 spiro atoms. The normalized spacial score (nSPS) is 31.9. The van der Waals surface area contributed by atoms with Crippen molar-refractivity contribution in [2.75, 3.05) is 44.5 Å². The lowest BCUT2D eigenvalue weighted by atomic mass is 10.2. The van der Waals surface area contributed by atoms with Crippen molar-refractivity contribution in [2.24, 2.45) is 0 Å². The van der Waals surface area contributed by atoms with Gasteiger partial charge in [-0.3, -0.25) is 0 Å². The van der Waals surface area contributed by atoms with E-state index in [1.807, 2.05) is 0 Å². The second kappa shape index (κ2) is 7.62. The lowest BCUT2D eigenvalue weighted by Gasteiger charge is -2.27. The first-order valence-electron chi connectivity index (χ1n) is 5.85. The van der Waals surface area contributed by atoms with Crippen LogP contribution in [0.4, 0.5) is 0 Å². The molecule has 1 N–H and O–H groups in total. The number of hydrogen-bond donors (Lipinski definition) is 1. The maximum atomic E-state index is 11.7. The van der Waals surface area contributed by atoms with Crippen LogP contribution in [0.2, 0.25) is 0 Å². The summed E-state index contributed by atoms with van der Waals surface area (Å²) in [6.07, 6.45) is 0.277. The van der Waals surface area contributed by atoms with E-state index in [-0.39, 0.29) is 24.5 Å². The minimum atomic E-state index is -3.15. The predicted molar refractivity (Wildman–Crippen MR) is 68.3 cm³/mol. The van der Waals surface area contributed by atoms with Gasteiger partial charge in [0.2, 0.25) is 0 Å². The SMILES string of the molecule is CC1(NCl)CCS(=O)(=O)CCOCCOCCO1. The van der Waals surface area contributed by atoms with Gasteiger partial charge in [0.05, 0.1) is 44.5 Å². The third kappa shape index (κ3) is 6.31. The monoisotopic (exact) mass is 301 g/mol. The summed E-state index contributed by atoms with van der Waals surface area (Å²) < 4.78 is 39.4. The predicted octanol–water partition coefficient (Wildman–Crippen LogP) is 0.314. The Morgan fingerprint density at radius 3 is 2.33 bits per heavy atom. The molecule has 1 aliphatic heterocycles. The van der Waals surface area contributed by atoms with Gasteiger partial charge in [0, 0.05) is 6.42 Å². The molecule has 0 aliphatic carbocycles. The van der Waals surface area contributed by atoms with Crippen LogP contribution in [0.25, 0.3) is 0 Å². The summed E-state index contributed by atoms with van der Waals surface area (Å²) >= 11 is 5.60. The van der Waals surface area contributed by atoms with E-state index in [1.165, 1.54) is 0 Å². The molecule has 1 fully saturated rings. The van der Waals surface area contributed by atoms with Gasteiger partial charge in [-0.25, -0.2) is 13.3 Å². The summed E-state index contributed by atoms with van der Waals surface area (Å²) in [4.78, 5) is 2.48. The van der Waals surface area contributed by atoms with Gasteiger partial charge in [-0.1, -0.05) is 0 Å². The molecule has 0 aromatic carbocycles. The molecular weight excluding hydrogens is 282 g/mol. The van der Waals surface area contributed by atoms with Crippen molar-refractivity contribution < 1.29 is 22.6 Å². The van der Waals surface area contributed by atoms with E-state index in [1.54, 1.807) is 6.92 Å². The second-order valence-electron chi connectivity index (χ2n) is 4.30. The van der Waals surface area contributed by atoms with Crippen LogP contribution in [0.15, 0.2) is 0 Å². The minimum Gasteiger partial charge on any atom is -0.378 e. The molecule has 0 amide bonds. The Kier molecular flexibility index (Phi) is 6.83. The molecule has 1 rings (SSSR count). The molecule has 0 saturated carbocycles. The van der Waals surface area contributed by atoms with Gasteiger partial charge in [0.15, 0.2) is 9.84 Å². The van der Waals surface area contributed by atoms with Crippen molar-refractivity contribution in [3.05, 3.63) is 0 Å². The summed E-state index contributed by atoms with van der Waals surface area (Å²) in [6, 6.07) is 0. The summed E-state index contributed by atoms with van der Waals surface area (Å²) in [7, 11) is -3.15. The summed E-state index contributed by atoms with van der Waals surface area (Å²) in [5, 5.41) is 0. The van der Waals surface area contributed by atoms with E-state index >= 15 is 0 Å². The van der Waals surface area contributed by atoms with Gasteiger partial charge in [0.1, 0.15) is 5.72 Å². The molecule has 6 nitrogen and oxygen atoms in total. The Balaban J connectivity index is 2.60. The van der Waals surface area contributed by atoms with E-state index in [9.17, 15) is 8.42 Å². The number of nitrogens with one attached hydrogen (secondary N) is 1. The zero-order valence-corrected chi connectivity index (χ0v) is 12.1. The smallest absolute Gasteiger partial charge is 0.152 e. The van der Waals surface area contributed by atoms with Gasteiger partial charge in [-0.15, -0.1) is 0 Å². The molecule has 0 radical (unpaired) electrons. The molecule has 0 aromatic heterocycles. The van der Waals surface area contributed by atoms with Gasteiger partial charge in [-0.05, 0) is 18.7 Å². The van der Waals surface area contributed by atoms with E-state index < -0.39 is 15.6 Å². The van der Waals surface area contributed by atoms with Crippen molar-refractivity contribution in [1.82, 2.24) is 4.84 Å². The minimum absolute atomic E-state index is 0.00532. The third-order valence-electron chi connectivity index (χ3n) is 2.65. The summed E-state index contributed by atoms with van der Waals surface area (Å²) in [5.74, 6) is 0.0127. The van der Waals surface area contributed by atoms with Crippen LogP contribution in [0, 0.1) is 0 Å². The van der Waals surface area contributed by atoms with E-state index in [2.05, 4.69) is 4.84 Å². The fraction of sp³-hybridized carbons (Fsp3) is 1.00. The van der Waals surface area contributed by atoms with Crippen LogP contribution < -0.4 is 4.84 Å². The average molecular weight is 302 g/mol. The van der Waals surface area contributed by atoms with Crippen molar-refractivity contribution in [3.63, 3.8) is 0 Å². The van der Waals surface area contributed by atoms with Crippen LogP contribution in [0.5, 0.6) is 0 Å². The topological polar surface area (TPSA) is 73.9 Å². The fourth-order valence-corrected chi connectivity index (χ4v) is 2.86. The van der Waals surface area contributed by atoms with E-state index in [0.717, 1.165) is 0 Å². The number of hydrogen-bond acceptors (Lipinski definition) is 6. The molecule has 1 unspecified atom stereocenters. The summed E-state index contributed by atoms with van der Waals surface area (Å²) in [6.45, 7) is 3.48. The number of rotatable bonds is 1. The highest BCUT2D eigenvalue weighted by molar-refractivity contribution is 7.91. The lowest BCUT2D eigenvalue weighted by Crippen LogP contribution is -2.42. The first-order valence-corrected chi connectivity index (χ1v) is 8.05. The zero-order valence-electron chi connectivity index (χ0n) is 10.5. The first-order chi connectivity index (χ1) is 8.47. The van der Waals surface area contributed by atoms with Crippen molar-refractivity contribution in [3.8, 4) is 0 Å². The first kappa shape index (κ1) is 16.1. The fourth-order valence-electron chi connectivity index (χ4n) is 1.43. The zero-order chi connectivity index (χ0) is 13.5. The molecule has 1 saturated heterocycles. The van der Waals surface area contributed by atoms with Gasteiger partial charge >= 0.3 is 0 Å². The molecule has 8 heteroatoms. The standard InChI is InChI=1S/C10H20ClNO5S/c1-10(12-11)2-8-18(13,14)9-7-16-4-3-15-5-6-17-10/h12H,2-9H2,1H3. The maximum absolute atomic E-state index is 11.7. The highest BCUT2D eigenvalue weighted by atomic mass is 35.5. The molecule has 1 aliphatic rings. The molecule has 0 bridgehead atoms. The maximum Gasteiger partial charge on any atom is 0.152 e. The Labute approximate surface area is 113 Å². The second-order valence-corrected chi connectivity index (χ2v) is 6.79. The lowest BCUT2D eigenvalue weighted by molar-refractivity contribution is -0.0686. The quantitative estimate of drug-likeness (QED) is 0.703. The molecule has 108 valence electrons. The van der Waals surface area contributed by atoms with Crippen LogP contribution >= 0.6 is 11.8 Å². The molecule has 1 atom stereocenters. The van der Waals surface area contributed by atoms with Crippen LogP contribution in [0.3, 0.4) is 0 Å². The van der Waals surface area contributed by atoms with Crippen molar-refractivity contribution >= 4 is 21.6 Å². The Hall–Kier alpha value is 0.0800. The van der Waals surface area contributed by atoms with Crippen LogP contribution in [-0.4, -0.2) is 58.7 Å². The highest BCUT2D eigenvalue weighted by Crippen LogP contribution is 2.14. The Bertz CT molecular complexity index is 337. The Morgan fingerprint density at radius 1 is 1.06 bits per heavy atom. The third-order valence-corrected chi connectivity index (χ3v) is 4.66. The van der Waals surface area contributed by atoms with Crippen molar-refractivity contribution in [1.29, 1.82) is 0 Å². The largest absolute Gasteiger partial charge is 0.378 e.